The minimum absolute atomic E-state index is 0.0580. The second-order valence-corrected chi connectivity index (χ2v) is 6.17. The molecule has 1 aromatic rings. The van der Waals surface area contributed by atoms with Gasteiger partial charge in [0.2, 0.25) is 0 Å². The van der Waals surface area contributed by atoms with Crippen molar-refractivity contribution < 1.29 is 14.3 Å². The molecule has 0 atom stereocenters. The van der Waals surface area contributed by atoms with Crippen LogP contribution < -0.4 is 9.64 Å². The van der Waals surface area contributed by atoms with Crippen LogP contribution in [0.15, 0.2) is 12.1 Å². The number of fused-ring (bicyclic) bond motifs is 1. The van der Waals surface area contributed by atoms with Crippen LogP contribution in [-0.4, -0.2) is 33.3 Å². The minimum Gasteiger partial charge on any atom is -0.481 e. The van der Waals surface area contributed by atoms with Crippen LogP contribution in [-0.2, 0) is 22.4 Å². The average Bonchev–Trinajstić information content (AvgIpc) is 2.62. The molecule has 4 heteroatoms. The quantitative estimate of drug-likeness (QED) is 0.708. The van der Waals surface area contributed by atoms with Crippen LogP contribution in [0.4, 0.5) is 5.69 Å². The SMILES string of the molecule is CC/C=C/c1c(OCC(=O)OC)cc2c(c1N(C)CC)CCCC2. The van der Waals surface area contributed by atoms with E-state index in [0.29, 0.717) is 0 Å². The molecule has 0 radical (unpaired) electrons. The summed E-state index contributed by atoms with van der Waals surface area (Å²) in [6, 6.07) is 2.12. The van der Waals surface area contributed by atoms with E-state index < -0.39 is 0 Å². The van der Waals surface area contributed by atoms with Crippen molar-refractivity contribution in [1.29, 1.82) is 0 Å². The topological polar surface area (TPSA) is 38.8 Å². The lowest BCUT2D eigenvalue weighted by Crippen LogP contribution is -2.22. The van der Waals surface area contributed by atoms with E-state index in [1.165, 1.54) is 36.8 Å². The average molecular weight is 331 g/mol. The Morgan fingerprint density at radius 1 is 1.29 bits per heavy atom. The van der Waals surface area contributed by atoms with Gasteiger partial charge in [-0.1, -0.05) is 19.1 Å². The molecule has 0 bridgehead atoms. The molecule has 2 rings (SSSR count). The van der Waals surface area contributed by atoms with Gasteiger partial charge in [-0.25, -0.2) is 4.79 Å². The fourth-order valence-corrected chi connectivity index (χ4v) is 3.18. The Hall–Kier alpha value is -1.97. The van der Waals surface area contributed by atoms with Crippen molar-refractivity contribution in [3.63, 3.8) is 0 Å². The third kappa shape index (κ3) is 4.11. The van der Waals surface area contributed by atoms with Crippen LogP contribution in [0.5, 0.6) is 5.75 Å². The number of anilines is 1. The van der Waals surface area contributed by atoms with Gasteiger partial charge < -0.3 is 14.4 Å². The van der Waals surface area contributed by atoms with Crippen LogP contribution in [0.3, 0.4) is 0 Å². The zero-order valence-corrected chi connectivity index (χ0v) is 15.4. The maximum atomic E-state index is 11.5. The van der Waals surface area contributed by atoms with E-state index in [1.807, 2.05) is 0 Å². The highest BCUT2D eigenvalue weighted by Gasteiger charge is 2.22. The molecule has 0 N–H and O–H groups in total. The molecule has 132 valence electrons. The molecular formula is C20H29NO3. The number of allylic oxidation sites excluding steroid dienone is 1. The number of benzene rings is 1. The summed E-state index contributed by atoms with van der Waals surface area (Å²) in [4.78, 5) is 13.8. The standard InChI is InChI=1S/C20H29NO3/c1-5-7-11-17-18(24-14-19(22)23-4)13-15-10-8-9-12-16(15)20(17)21(3)6-2/h7,11,13H,5-6,8-10,12,14H2,1-4H3/b11-7+. The highest BCUT2D eigenvalue weighted by molar-refractivity contribution is 5.78. The molecule has 0 aliphatic heterocycles. The smallest absolute Gasteiger partial charge is 0.343 e. The van der Waals surface area contributed by atoms with E-state index >= 15 is 0 Å². The normalized spacial score (nSPS) is 13.7. The Kier molecular flexibility index (Phi) is 6.71. The molecule has 1 aliphatic rings. The predicted octanol–water partition coefficient (Wildman–Crippen LogP) is 4.00. The van der Waals surface area contributed by atoms with Gasteiger partial charge in [-0.15, -0.1) is 0 Å². The second-order valence-electron chi connectivity index (χ2n) is 6.17. The first-order valence-electron chi connectivity index (χ1n) is 8.88. The molecule has 0 amide bonds. The number of carbonyl (C=O) groups is 1. The van der Waals surface area contributed by atoms with Crippen LogP contribution in [0, 0.1) is 0 Å². The Morgan fingerprint density at radius 3 is 2.71 bits per heavy atom. The molecule has 0 saturated heterocycles. The van der Waals surface area contributed by atoms with Crippen molar-refractivity contribution in [3.8, 4) is 5.75 Å². The van der Waals surface area contributed by atoms with Crippen LogP contribution >= 0.6 is 0 Å². The molecule has 0 aromatic heterocycles. The number of ether oxygens (including phenoxy) is 2. The number of methoxy groups -OCH3 is 1. The maximum absolute atomic E-state index is 11.5. The summed E-state index contributed by atoms with van der Waals surface area (Å²) in [6.45, 7) is 5.15. The van der Waals surface area contributed by atoms with Gasteiger partial charge in [0.1, 0.15) is 5.75 Å². The lowest BCUT2D eigenvalue weighted by molar-refractivity contribution is -0.142. The van der Waals surface area contributed by atoms with Gasteiger partial charge in [0.25, 0.3) is 0 Å². The summed E-state index contributed by atoms with van der Waals surface area (Å²) >= 11 is 0. The van der Waals surface area contributed by atoms with E-state index in [-0.39, 0.29) is 12.6 Å². The number of carbonyl (C=O) groups excluding carboxylic acids is 1. The van der Waals surface area contributed by atoms with Crippen LogP contribution in [0.1, 0.15) is 49.8 Å². The fraction of sp³-hybridized carbons (Fsp3) is 0.550. The molecule has 24 heavy (non-hydrogen) atoms. The molecule has 0 saturated carbocycles. The van der Waals surface area contributed by atoms with Gasteiger partial charge in [0.15, 0.2) is 6.61 Å². The number of hydrogen-bond acceptors (Lipinski definition) is 4. The van der Waals surface area contributed by atoms with Crippen molar-refractivity contribution in [2.24, 2.45) is 0 Å². The molecule has 0 heterocycles. The molecular weight excluding hydrogens is 302 g/mol. The summed E-state index contributed by atoms with van der Waals surface area (Å²) in [5.74, 6) is 0.421. The minimum atomic E-state index is -0.358. The van der Waals surface area contributed by atoms with Gasteiger partial charge in [-0.05, 0) is 56.2 Å². The summed E-state index contributed by atoms with van der Waals surface area (Å²) < 4.78 is 10.5. The molecule has 0 spiro atoms. The van der Waals surface area contributed by atoms with Crippen molar-refractivity contribution in [3.05, 3.63) is 28.8 Å². The number of rotatable bonds is 7. The first-order chi connectivity index (χ1) is 11.6. The Labute approximate surface area is 145 Å². The highest BCUT2D eigenvalue weighted by atomic mass is 16.6. The summed E-state index contributed by atoms with van der Waals surface area (Å²) in [6.07, 6.45) is 9.86. The van der Waals surface area contributed by atoms with Gasteiger partial charge in [-0.3, -0.25) is 0 Å². The zero-order chi connectivity index (χ0) is 17.5. The van der Waals surface area contributed by atoms with Gasteiger partial charge in [-0.2, -0.15) is 0 Å². The van der Waals surface area contributed by atoms with Crippen molar-refractivity contribution in [2.75, 3.05) is 32.2 Å². The first-order valence-corrected chi connectivity index (χ1v) is 8.88. The number of nitrogens with zero attached hydrogens (tertiary/aromatic N) is 1. The van der Waals surface area contributed by atoms with Crippen molar-refractivity contribution >= 4 is 17.7 Å². The van der Waals surface area contributed by atoms with Crippen LogP contribution in [0.25, 0.3) is 6.08 Å². The van der Waals surface area contributed by atoms with Gasteiger partial charge in [0.05, 0.1) is 12.8 Å². The second kappa shape index (κ2) is 8.76. The molecule has 4 nitrogen and oxygen atoms in total. The van der Waals surface area contributed by atoms with E-state index in [2.05, 4.69) is 44.0 Å². The Morgan fingerprint density at radius 2 is 2.04 bits per heavy atom. The molecule has 1 aliphatic carbocycles. The molecule has 0 fully saturated rings. The summed E-state index contributed by atoms with van der Waals surface area (Å²) in [5.41, 5.74) is 5.11. The Bertz CT molecular complexity index is 607. The van der Waals surface area contributed by atoms with Gasteiger partial charge >= 0.3 is 5.97 Å². The molecule has 1 aromatic carbocycles. The van der Waals surface area contributed by atoms with Crippen LogP contribution in [0.2, 0.25) is 0 Å². The largest absolute Gasteiger partial charge is 0.481 e. The Balaban J connectivity index is 2.54. The monoisotopic (exact) mass is 331 g/mol. The maximum Gasteiger partial charge on any atom is 0.343 e. The predicted molar refractivity (Wildman–Crippen MR) is 98.9 cm³/mol. The lowest BCUT2D eigenvalue weighted by atomic mass is 9.87. The molecule has 0 unspecified atom stereocenters. The summed E-state index contributed by atoms with van der Waals surface area (Å²) in [5, 5.41) is 0. The van der Waals surface area contributed by atoms with E-state index in [0.717, 1.165) is 37.1 Å². The van der Waals surface area contributed by atoms with E-state index in [9.17, 15) is 4.79 Å². The van der Waals surface area contributed by atoms with E-state index in [1.54, 1.807) is 0 Å². The number of aryl methyl sites for hydroxylation is 1. The van der Waals surface area contributed by atoms with Crippen molar-refractivity contribution in [1.82, 2.24) is 0 Å². The summed E-state index contributed by atoms with van der Waals surface area (Å²) in [7, 11) is 3.50. The number of hydrogen-bond donors (Lipinski definition) is 0. The van der Waals surface area contributed by atoms with E-state index in [4.69, 9.17) is 9.47 Å². The lowest BCUT2D eigenvalue weighted by Gasteiger charge is -2.29. The number of esters is 1. The first kappa shape index (κ1) is 18.4. The van der Waals surface area contributed by atoms with Gasteiger partial charge in [0, 0.05) is 19.2 Å². The third-order valence-corrected chi connectivity index (χ3v) is 4.57. The van der Waals surface area contributed by atoms with Crippen molar-refractivity contribution in [2.45, 2.75) is 46.0 Å². The highest BCUT2D eigenvalue weighted by Crippen LogP contribution is 2.40. The zero-order valence-electron chi connectivity index (χ0n) is 15.4. The fourth-order valence-electron chi connectivity index (χ4n) is 3.18. The third-order valence-electron chi connectivity index (χ3n) is 4.57.